The van der Waals surface area contributed by atoms with Gasteiger partial charge in [-0.05, 0) is 30.1 Å². The second-order valence-electron chi connectivity index (χ2n) is 9.76. The molecular weight excluding hydrogens is 538 g/mol. The lowest BCUT2D eigenvalue weighted by atomic mass is 10.0. The average Bonchev–Trinajstić information content (AvgIpc) is 3.34. The molecule has 1 fully saturated rings. The summed E-state index contributed by atoms with van der Waals surface area (Å²) >= 11 is 0. The third kappa shape index (κ3) is 10.8. The molecule has 0 radical (unpaired) electrons. The van der Waals surface area contributed by atoms with E-state index in [0.29, 0.717) is 13.0 Å². The monoisotopic (exact) mass is 577 g/mol. The zero-order valence-corrected chi connectivity index (χ0v) is 23.9. The van der Waals surface area contributed by atoms with E-state index in [1.807, 2.05) is 30.3 Å². The predicted octanol–water partition coefficient (Wildman–Crippen LogP) is 2.01. The van der Waals surface area contributed by atoms with Gasteiger partial charge in [-0.25, -0.2) is 9.69 Å². The van der Waals surface area contributed by atoms with Crippen LogP contribution >= 0.6 is 0 Å². The van der Waals surface area contributed by atoms with Gasteiger partial charge in [0.15, 0.2) is 23.8 Å². The Morgan fingerprint density at radius 2 is 1.83 bits per heavy atom. The molecule has 1 aliphatic heterocycles. The number of aliphatic hydroxyl groups excluding tert-OH is 1. The van der Waals surface area contributed by atoms with Crippen LogP contribution in [0.1, 0.15) is 39.2 Å². The Hall–Kier alpha value is -3.45. The van der Waals surface area contributed by atoms with Crippen LogP contribution in [0.5, 0.6) is 0 Å². The second kappa shape index (κ2) is 17.4. The highest BCUT2D eigenvalue weighted by Gasteiger charge is 2.46. The summed E-state index contributed by atoms with van der Waals surface area (Å²) in [5.74, 6) is -3.14. The van der Waals surface area contributed by atoms with Crippen molar-refractivity contribution in [2.45, 2.75) is 64.6 Å². The lowest BCUT2D eigenvalue weighted by Gasteiger charge is -2.29. The van der Waals surface area contributed by atoms with Crippen molar-refractivity contribution in [2.75, 3.05) is 33.5 Å². The van der Waals surface area contributed by atoms with E-state index in [0.717, 1.165) is 36.6 Å². The van der Waals surface area contributed by atoms with Gasteiger partial charge in [-0.1, -0.05) is 44.2 Å². The summed E-state index contributed by atoms with van der Waals surface area (Å²) in [4.78, 5) is 63.2. The first kappa shape index (κ1) is 33.8. The molecule has 1 N–H and O–H groups in total. The summed E-state index contributed by atoms with van der Waals surface area (Å²) in [7, 11) is 1.14. The van der Waals surface area contributed by atoms with Crippen molar-refractivity contribution in [1.82, 2.24) is 4.90 Å². The van der Waals surface area contributed by atoms with Gasteiger partial charge >= 0.3 is 12.1 Å². The number of cyclic esters (lactones) is 1. The van der Waals surface area contributed by atoms with Gasteiger partial charge in [-0.3, -0.25) is 19.2 Å². The minimum absolute atomic E-state index is 0.00958. The minimum Gasteiger partial charge on any atom is -0.451 e. The van der Waals surface area contributed by atoms with Gasteiger partial charge in [0.25, 0.3) is 5.91 Å². The number of carbonyl (C=O) groups is 5. The molecule has 2 rings (SSSR count). The van der Waals surface area contributed by atoms with E-state index in [2.05, 4.69) is 0 Å². The van der Waals surface area contributed by atoms with Crippen LogP contribution in [0.2, 0.25) is 0 Å². The fourth-order valence-corrected chi connectivity index (χ4v) is 3.98. The Labute approximate surface area is 239 Å². The summed E-state index contributed by atoms with van der Waals surface area (Å²) in [6.45, 7) is 5.12. The summed E-state index contributed by atoms with van der Waals surface area (Å²) < 4.78 is 26.4. The molecule has 0 spiro atoms. The number of hydrogen-bond donors (Lipinski definition) is 1. The Morgan fingerprint density at radius 1 is 1.12 bits per heavy atom. The zero-order chi connectivity index (χ0) is 30.4. The molecule has 4 atom stereocenters. The predicted molar refractivity (Wildman–Crippen MR) is 144 cm³/mol. The number of carbonyl (C=O) groups excluding carboxylic acids is 5. The molecule has 0 saturated carbocycles. The van der Waals surface area contributed by atoms with Gasteiger partial charge in [-0.2, -0.15) is 0 Å². The van der Waals surface area contributed by atoms with E-state index in [1.165, 1.54) is 0 Å². The van der Waals surface area contributed by atoms with Gasteiger partial charge in [0, 0.05) is 27.1 Å². The number of ketones is 2. The molecular formula is C29H39NO11. The highest BCUT2D eigenvalue weighted by atomic mass is 16.6. The molecule has 1 aromatic carbocycles. The number of aliphatic hydroxyl groups is 1. The quantitative estimate of drug-likeness (QED) is 0.155. The molecule has 2 amide bonds. The largest absolute Gasteiger partial charge is 0.451 e. The summed E-state index contributed by atoms with van der Waals surface area (Å²) in [6, 6.07) is 8.92. The number of nitrogens with zero attached hydrogens (tertiary/aromatic N) is 1. The highest BCUT2D eigenvalue weighted by Crippen LogP contribution is 2.23. The van der Waals surface area contributed by atoms with Crippen molar-refractivity contribution in [3.05, 3.63) is 48.0 Å². The van der Waals surface area contributed by atoms with Crippen LogP contribution in [0.25, 0.3) is 0 Å². The number of rotatable bonds is 18. The number of amides is 2. The number of methoxy groups -OCH3 is 1. The fourth-order valence-electron chi connectivity index (χ4n) is 3.98. The topological polar surface area (TPSA) is 155 Å². The molecule has 1 heterocycles. The Morgan fingerprint density at radius 3 is 2.44 bits per heavy atom. The number of hydrogen-bond acceptors (Lipinski definition) is 11. The fraction of sp³-hybridized carbons (Fsp3) is 0.552. The third-order valence-electron chi connectivity index (χ3n) is 6.24. The van der Waals surface area contributed by atoms with Crippen LogP contribution in [0.4, 0.5) is 4.79 Å². The minimum atomic E-state index is -1.72. The lowest BCUT2D eigenvalue weighted by molar-refractivity contribution is -0.166. The van der Waals surface area contributed by atoms with Crippen LogP contribution in [-0.2, 0) is 49.5 Å². The highest BCUT2D eigenvalue weighted by molar-refractivity contribution is 6.05. The molecule has 1 aliphatic rings. The van der Waals surface area contributed by atoms with E-state index < -0.39 is 53.9 Å². The normalized spacial score (nSPS) is 17.4. The van der Waals surface area contributed by atoms with E-state index in [-0.39, 0.29) is 38.8 Å². The zero-order valence-electron chi connectivity index (χ0n) is 23.9. The van der Waals surface area contributed by atoms with Crippen LogP contribution in [-0.4, -0.2) is 97.4 Å². The molecule has 12 heteroatoms. The van der Waals surface area contributed by atoms with Gasteiger partial charge in [0.2, 0.25) is 0 Å². The third-order valence-corrected chi connectivity index (χ3v) is 6.24. The van der Waals surface area contributed by atoms with Crippen LogP contribution in [0.3, 0.4) is 0 Å². The SMILES string of the molecule is CO[C@H](C(=O)N1C(=O)OC[C@@H]1C(C)C)[C@H](OC(C)=O)C(=O)C=CC(=O)CCCOC[C@@H](CO)OCc1ccccc1. The first-order valence-corrected chi connectivity index (χ1v) is 13.4. The summed E-state index contributed by atoms with van der Waals surface area (Å²) in [5.41, 5.74) is 0.966. The molecule has 0 aromatic heterocycles. The molecule has 1 aromatic rings. The molecule has 0 aliphatic carbocycles. The first-order valence-electron chi connectivity index (χ1n) is 13.4. The number of ether oxygens (including phenoxy) is 5. The molecule has 1 saturated heterocycles. The van der Waals surface area contributed by atoms with Gasteiger partial charge in [0.05, 0.1) is 25.9 Å². The van der Waals surface area contributed by atoms with Crippen molar-refractivity contribution < 1.29 is 52.8 Å². The summed E-state index contributed by atoms with van der Waals surface area (Å²) in [5, 5.41) is 9.49. The van der Waals surface area contributed by atoms with Crippen LogP contribution in [0.15, 0.2) is 42.5 Å². The number of allylic oxidation sites excluding steroid dienone is 1. The Kier molecular flexibility index (Phi) is 14.3. The van der Waals surface area contributed by atoms with E-state index in [4.69, 9.17) is 23.7 Å². The van der Waals surface area contributed by atoms with E-state index >= 15 is 0 Å². The second-order valence-corrected chi connectivity index (χ2v) is 9.76. The molecule has 0 unspecified atom stereocenters. The standard InChI is InChI=1S/C29H39NO11/c1-19(2)24-18-40-29(36)30(24)28(35)27(37-4)26(41-20(3)32)25(34)13-12-22(33)11-8-14-38-17-23(15-31)39-16-21-9-6-5-7-10-21/h5-7,9-10,12-13,19,23-24,26-27,31H,8,11,14-18H2,1-4H3/t23-,24-,26-,27+/m1/s1. The van der Waals surface area contributed by atoms with Crippen LogP contribution in [0, 0.1) is 5.92 Å². The maximum Gasteiger partial charge on any atom is 0.417 e. The van der Waals surface area contributed by atoms with Crippen molar-refractivity contribution in [3.63, 3.8) is 0 Å². The molecule has 0 bridgehead atoms. The van der Waals surface area contributed by atoms with Crippen molar-refractivity contribution in [1.29, 1.82) is 0 Å². The molecule has 12 nitrogen and oxygen atoms in total. The number of imide groups is 1. The summed E-state index contributed by atoms with van der Waals surface area (Å²) in [6.07, 6.45) is -2.41. The lowest BCUT2D eigenvalue weighted by Crippen LogP contribution is -2.53. The number of benzene rings is 1. The van der Waals surface area contributed by atoms with Gasteiger partial charge in [0.1, 0.15) is 12.7 Å². The number of esters is 1. The van der Waals surface area contributed by atoms with Crippen molar-refractivity contribution >= 4 is 29.5 Å². The molecule has 226 valence electrons. The van der Waals surface area contributed by atoms with Crippen molar-refractivity contribution in [2.24, 2.45) is 5.92 Å². The van der Waals surface area contributed by atoms with E-state index in [1.54, 1.807) is 13.8 Å². The Balaban J connectivity index is 1.87. The molecule has 41 heavy (non-hydrogen) atoms. The Bertz CT molecular complexity index is 1060. The van der Waals surface area contributed by atoms with E-state index in [9.17, 15) is 29.1 Å². The smallest absolute Gasteiger partial charge is 0.417 e. The van der Waals surface area contributed by atoms with Gasteiger partial charge < -0.3 is 28.8 Å². The van der Waals surface area contributed by atoms with Gasteiger partial charge in [-0.15, -0.1) is 0 Å². The maximum absolute atomic E-state index is 13.2. The first-order chi connectivity index (χ1) is 19.6. The van der Waals surface area contributed by atoms with Crippen molar-refractivity contribution in [3.8, 4) is 0 Å². The maximum atomic E-state index is 13.2. The van der Waals surface area contributed by atoms with Crippen LogP contribution < -0.4 is 0 Å². The average molecular weight is 578 g/mol.